The van der Waals surface area contributed by atoms with Gasteiger partial charge in [-0.05, 0) is 31.5 Å². The number of rotatable bonds is 7. The van der Waals surface area contributed by atoms with E-state index in [9.17, 15) is 13.6 Å². The Morgan fingerprint density at radius 3 is 2.69 bits per heavy atom. The summed E-state index contributed by atoms with van der Waals surface area (Å²) in [7, 11) is 0. The third-order valence-corrected chi connectivity index (χ3v) is 4.82. The molecule has 0 atom stereocenters. The summed E-state index contributed by atoms with van der Waals surface area (Å²) in [6.07, 6.45) is 3.23. The van der Waals surface area contributed by atoms with Crippen LogP contribution in [-0.4, -0.2) is 20.8 Å². The molecular formula is C23H20F2N4O3. The van der Waals surface area contributed by atoms with Gasteiger partial charge in [0.25, 0.3) is 5.91 Å². The summed E-state index contributed by atoms with van der Waals surface area (Å²) in [6, 6.07) is 11.1. The van der Waals surface area contributed by atoms with Crippen molar-refractivity contribution < 1.29 is 22.8 Å². The van der Waals surface area contributed by atoms with Gasteiger partial charge in [-0.1, -0.05) is 35.0 Å². The molecule has 0 aliphatic carbocycles. The number of nitrogens with zero attached hydrogens (tertiary/aromatic N) is 3. The number of ether oxygens (including phenoxy) is 1. The molecule has 1 amide bonds. The number of nitrogens with one attached hydrogen (secondary N) is 1. The number of anilines is 1. The van der Waals surface area contributed by atoms with E-state index in [1.807, 2.05) is 31.2 Å². The number of aryl methyl sites for hydroxylation is 2. The highest BCUT2D eigenvalue weighted by atomic mass is 19.1. The molecule has 0 radical (unpaired) electrons. The molecule has 0 saturated carbocycles. The van der Waals surface area contributed by atoms with Gasteiger partial charge in [0.15, 0.2) is 17.3 Å². The van der Waals surface area contributed by atoms with Gasteiger partial charge in [-0.25, -0.2) is 8.78 Å². The number of halogens is 2. The Morgan fingerprint density at radius 2 is 1.94 bits per heavy atom. The average Bonchev–Trinajstić information content (AvgIpc) is 3.35. The second-order valence-electron chi connectivity index (χ2n) is 7.30. The molecule has 0 aliphatic rings. The molecule has 2 aromatic heterocycles. The van der Waals surface area contributed by atoms with E-state index >= 15 is 0 Å². The quantitative estimate of drug-likeness (QED) is 0.454. The maximum Gasteiger partial charge on any atom is 0.278 e. The predicted molar refractivity (Wildman–Crippen MR) is 112 cm³/mol. The van der Waals surface area contributed by atoms with Gasteiger partial charge in [-0.2, -0.15) is 5.10 Å². The van der Waals surface area contributed by atoms with Gasteiger partial charge in [-0.15, -0.1) is 0 Å². The van der Waals surface area contributed by atoms with E-state index in [0.29, 0.717) is 23.6 Å². The third-order valence-electron chi connectivity index (χ3n) is 4.82. The zero-order valence-electron chi connectivity index (χ0n) is 17.4. The fourth-order valence-corrected chi connectivity index (χ4v) is 3.07. The lowest BCUT2D eigenvalue weighted by atomic mass is 10.1. The molecule has 0 bridgehead atoms. The highest BCUT2D eigenvalue weighted by Gasteiger charge is 2.21. The number of carbonyl (C=O) groups is 1. The van der Waals surface area contributed by atoms with Crippen molar-refractivity contribution in [2.24, 2.45) is 0 Å². The summed E-state index contributed by atoms with van der Waals surface area (Å²) in [6.45, 7) is 4.02. The van der Waals surface area contributed by atoms with Crippen molar-refractivity contribution in [3.8, 4) is 5.75 Å². The van der Waals surface area contributed by atoms with Crippen LogP contribution in [0.4, 0.5) is 14.5 Å². The summed E-state index contributed by atoms with van der Waals surface area (Å²) < 4.78 is 39.1. The van der Waals surface area contributed by atoms with Crippen LogP contribution in [0.1, 0.15) is 32.9 Å². The predicted octanol–water partition coefficient (Wildman–Crippen LogP) is 4.65. The lowest BCUT2D eigenvalue weighted by Gasteiger charge is -2.07. The van der Waals surface area contributed by atoms with Gasteiger partial charge in [0.05, 0.1) is 24.0 Å². The Morgan fingerprint density at radius 1 is 1.16 bits per heavy atom. The topological polar surface area (TPSA) is 82.2 Å². The van der Waals surface area contributed by atoms with Gasteiger partial charge in [-0.3, -0.25) is 9.48 Å². The van der Waals surface area contributed by atoms with Crippen molar-refractivity contribution in [3.63, 3.8) is 0 Å². The normalized spacial score (nSPS) is 10.9. The van der Waals surface area contributed by atoms with Crippen LogP contribution >= 0.6 is 0 Å². The summed E-state index contributed by atoms with van der Waals surface area (Å²) >= 11 is 0. The van der Waals surface area contributed by atoms with E-state index in [2.05, 4.69) is 15.6 Å². The molecule has 1 N–H and O–H groups in total. The first-order chi connectivity index (χ1) is 15.4. The summed E-state index contributed by atoms with van der Waals surface area (Å²) in [5, 5.41) is 10.8. The van der Waals surface area contributed by atoms with E-state index < -0.39 is 17.5 Å². The van der Waals surface area contributed by atoms with Crippen LogP contribution in [0.5, 0.6) is 5.75 Å². The van der Waals surface area contributed by atoms with Crippen LogP contribution in [0.2, 0.25) is 0 Å². The van der Waals surface area contributed by atoms with Gasteiger partial charge in [0, 0.05) is 12.3 Å². The van der Waals surface area contributed by atoms with Gasteiger partial charge >= 0.3 is 0 Å². The molecule has 32 heavy (non-hydrogen) atoms. The first-order valence-electron chi connectivity index (χ1n) is 9.81. The SMILES string of the molecule is Cc1ccc(Cn2cc(NC(=O)c3noc(C)c3COc3ccc(F)cc3F)cn2)cc1. The highest BCUT2D eigenvalue weighted by Crippen LogP contribution is 2.22. The molecule has 7 nitrogen and oxygen atoms in total. The maximum absolute atomic E-state index is 13.8. The van der Waals surface area contributed by atoms with Gasteiger partial charge in [0.1, 0.15) is 18.2 Å². The second kappa shape index (κ2) is 9.01. The van der Waals surface area contributed by atoms with Crippen LogP contribution in [0.25, 0.3) is 0 Å². The molecule has 164 valence electrons. The van der Waals surface area contributed by atoms with Crippen molar-refractivity contribution in [1.82, 2.24) is 14.9 Å². The fourth-order valence-electron chi connectivity index (χ4n) is 3.07. The largest absolute Gasteiger partial charge is 0.486 e. The van der Waals surface area contributed by atoms with E-state index in [1.165, 1.54) is 17.8 Å². The summed E-state index contributed by atoms with van der Waals surface area (Å²) in [4.78, 5) is 12.7. The Kier molecular flexibility index (Phi) is 5.98. The Bertz CT molecular complexity index is 1250. The number of carbonyl (C=O) groups excluding carboxylic acids is 1. The number of hydrogen-bond acceptors (Lipinski definition) is 5. The molecule has 0 fully saturated rings. The summed E-state index contributed by atoms with van der Waals surface area (Å²) in [5.74, 6) is -1.86. The van der Waals surface area contributed by atoms with Crippen molar-refractivity contribution in [2.75, 3.05) is 5.32 Å². The van der Waals surface area contributed by atoms with Gasteiger partial charge < -0.3 is 14.6 Å². The molecule has 9 heteroatoms. The Balaban J connectivity index is 1.43. The molecule has 4 rings (SSSR count). The summed E-state index contributed by atoms with van der Waals surface area (Å²) in [5.41, 5.74) is 3.11. The van der Waals surface area contributed by atoms with E-state index in [0.717, 1.165) is 17.7 Å². The lowest BCUT2D eigenvalue weighted by molar-refractivity contribution is 0.101. The van der Waals surface area contributed by atoms with Crippen molar-refractivity contribution >= 4 is 11.6 Å². The third kappa shape index (κ3) is 4.83. The Hall–Kier alpha value is -4.01. The smallest absolute Gasteiger partial charge is 0.278 e. The zero-order valence-corrected chi connectivity index (χ0v) is 17.4. The van der Waals surface area contributed by atoms with E-state index in [1.54, 1.807) is 17.8 Å². The van der Waals surface area contributed by atoms with Crippen LogP contribution < -0.4 is 10.1 Å². The molecule has 0 aliphatic heterocycles. The van der Waals surface area contributed by atoms with E-state index in [4.69, 9.17) is 9.26 Å². The number of benzene rings is 2. The minimum Gasteiger partial charge on any atom is -0.486 e. The van der Waals surface area contributed by atoms with Crippen LogP contribution in [0.3, 0.4) is 0 Å². The molecule has 0 unspecified atom stereocenters. The minimum atomic E-state index is -0.842. The fraction of sp³-hybridized carbons (Fsp3) is 0.174. The molecule has 2 aromatic carbocycles. The number of hydrogen-bond donors (Lipinski definition) is 1. The van der Waals surface area contributed by atoms with Gasteiger partial charge in [0.2, 0.25) is 0 Å². The zero-order chi connectivity index (χ0) is 22.7. The van der Waals surface area contributed by atoms with E-state index in [-0.39, 0.29) is 18.1 Å². The van der Waals surface area contributed by atoms with Crippen LogP contribution in [0.15, 0.2) is 59.4 Å². The molecule has 2 heterocycles. The Labute approximate surface area is 182 Å². The molecular weight excluding hydrogens is 418 g/mol. The highest BCUT2D eigenvalue weighted by molar-refractivity contribution is 6.03. The number of aromatic nitrogens is 3. The molecule has 4 aromatic rings. The van der Waals surface area contributed by atoms with Crippen LogP contribution in [0, 0.1) is 25.5 Å². The van der Waals surface area contributed by atoms with Crippen LogP contribution in [-0.2, 0) is 13.2 Å². The minimum absolute atomic E-state index is 0.0105. The average molecular weight is 438 g/mol. The monoisotopic (exact) mass is 438 g/mol. The molecule has 0 spiro atoms. The molecule has 0 saturated heterocycles. The van der Waals surface area contributed by atoms with Crippen molar-refractivity contribution in [1.29, 1.82) is 0 Å². The number of amides is 1. The standard InChI is InChI=1S/C23H20F2N4O3/c1-14-3-5-16(6-4-14)11-29-12-18(10-26-29)27-23(30)22-19(15(2)32-28-22)13-31-21-8-7-17(24)9-20(21)25/h3-10,12H,11,13H2,1-2H3,(H,27,30). The maximum atomic E-state index is 13.8. The lowest BCUT2D eigenvalue weighted by Crippen LogP contribution is -2.15. The first kappa shape index (κ1) is 21.2. The van der Waals surface area contributed by atoms with Crippen molar-refractivity contribution in [2.45, 2.75) is 27.0 Å². The van der Waals surface area contributed by atoms with Crippen molar-refractivity contribution in [3.05, 3.63) is 94.6 Å². The second-order valence-corrected chi connectivity index (χ2v) is 7.30. The first-order valence-corrected chi connectivity index (χ1v) is 9.81.